The van der Waals surface area contributed by atoms with Crippen molar-refractivity contribution >= 4 is 17.5 Å². The Bertz CT molecular complexity index is 837. The van der Waals surface area contributed by atoms with E-state index in [0.29, 0.717) is 11.3 Å². The van der Waals surface area contributed by atoms with Crippen molar-refractivity contribution in [1.82, 2.24) is 10.2 Å². The van der Waals surface area contributed by atoms with Crippen molar-refractivity contribution in [3.63, 3.8) is 0 Å². The van der Waals surface area contributed by atoms with Gasteiger partial charge in [-0.2, -0.15) is 0 Å². The Labute approximate surface area is 163 Å². The van der Waals surface area contributed by atoms with Gasteiger partial charge < -0.3 is 15.7 Å². The third-order valence-corrected chi connectivity index (χ3v) is 4.69. The molecule has 0 radical (unpaired) electrons. The number of anilines is 1. The lowest BCUT2D eigenvalue weighted by Crippen LogP contribution is -2.37. The van der Waals surface area contributed by atoms with E-state index in [4.69, 9.17) is 0 Å². The minimum atomic E-state index is -1.10. The van der Waals surface area contributed by atoms with E-state index >= 15 is 0 Å². The van der Waals surface area contributed by atoms with Crippen LogP contribution in [0, 0.1) is 5.82 Å². The first-order valence-electron chi connectivity index (χ1n) is 9.35. The molecule has 1 saturated heterocycles. The number of aliphatic hydroxyl groups excluding tert-OH is 1. The number of halogens is 1. The van der Waals surface area contributed by atoms with Gasteiger partial charge in [0.05, 0.1) is 6.10 Å². The van der Waals surface area contributed by atoms with Gasteiger partial charge in [-0.15, -0.1) is 0 Å². The van der Waals surface area contributed by atoms with Crippen LogP contribution in [0.5, 0.6) is 0 Å². The standard InChI is InChI=1S/C21H24FN3O3/c22-17-7-4-6-16(12-17)19(26)13-23-20(27)21(28)24-18-8-3-5-15(11-18)14-25-9-1-2-10-25/h3-8,11-12,19,26H,1-2,9-10,13-14H2,(H,23,27)(H,24,28). The molecule has 0 saturated carbocycles. The van der Waals surface area contributed by atoms with Crippen LogP contribution in [-0.4, -0.2) is 41.5 Å². The van der Waals surface area contributed by atoms with Crippen LogP contribution >= 0.6 is 0 Å². The third kappa shape index (κ3) is 5.61. The van der Waals surface area contributed by atoms with E-state index in [1.165, 1.54) is 31.0 Å². The fourth-order valence-electron chi connectivity index (χ4n) is 3.24. The number of rotatable bonds is 6. The van der Waals surface area contributed by atoms with Crippen LogP contribution < -0.4 is 10.6 Å². The predicted octanol–water partition coefficient (Wildman–Crippen LogP) is 2.21. The summed E-state index contributed by atoms with van der Waals surface area (Å²) >= 11 is 0. The van der Waals surface area contributed by atoms with Gasteiger partial charge in [0, 0.05) is 18.8 Å². The fraction of sp³-hybridized carbons (Fsp3) is 0.333. The maximum Gasteiger partial charge on any atom is 0.313 e. The van der Waals surface area contributed by atoms with Gasteiger partial charge in [0.1, 0.15) is 5.82 Å². The van der Waals surface area contributed by atoms with Crippen LogP contribution in [0.1, 0.15) is 30.1 Å². The zero-order valence-corrected chi connectivity index (χ0v) is 15.5. The first kappa shape index (κ1) is 20.0. The van der Waals surface area contributed by atoms with Crippen LogP contribution in [0.2, 0.25) is 0 Å². The molecule has 7 heteroatoms. The molecule has 6 nitrogen and oxygen atoms in total. The molecule has 3 N–H and O–H groups in total. The van der Waals surface area contributed by atoms with Gasteiger partial charge in [-0.1, -0.05) is 24.3 Å². The van der Waals surface area contributed by atoms with E-state index in [2.05, 4.69) is 15.5 Å². The van der Waals surface area contributed by atoms with Gasteiger partial charge in [0.15, 0.2) is 0 Å². The van der Waals surface area contributed by atoms with Crippen molar-refractivity contribution < 1.29 is 19.1 Å². The Morgan fingerprint density at radius 3 is 2.57 bits per heavy atom. The minimum Gasteiger partial charge on any atom is -0.387 e. The van der Waals surface area contributed by atoms with Gasteiger partial charge in [0.25, 0.3) is 0 Å². The topological polar surface area (TPSA) is 81.7 Å². The van der Waals surface area contributed by atoms with Gasteiger partial charge >= 0.3 is 11.8 Å². The van der Waals surface area contributed by atoms with E-state index in [0.717, 1.165) is 25.2 Å². The van der Waals surface area contributed by atoms with E-state index in [-0.39, 0.29) is 6.54 Å². The molecule has 0 spiro atoms. The van der Waals surface area contributed by atoms with E-state index < -0.39 is 23.7 Å². The maximum absolute atomic E-state index is 13.2. The molecule has 1 aliphatic rings. The molecule has 148 valence electrons. The zero-order valence-electron chi connectivity index (χ0n) is 15.5. The monoisotopic (exact) mass is 385 g/mol. The molecular weight excluding hydrogens is 361 g/mol. The molecule has 0 aromatic heterocycles. The number of nitrogens with zero attached hydrogens (tertiary/aromatic N) is 1. The molecule has 1 heterocycles. The molecule has 28 heavy (non-hydrogen) atoms. The fourth-order valence-corrected chi connectivity index (χ4v) is 3.24. The van der Waals surface area contributed by atoms with Crippen LogP contribution in [-0.2, 0) is 16.1 Å². The number of hydrogen-bond donors (Lipinski definition) is 3. The summed E-state index contributed by atoms with van der Waals surface area (Å²) in [6, 6.07) is 12.9. The Balaban J connectivity index is 1.50. The molecule has 2 aromatic rings. The predicted molar refractivity (Wildman–Crippen MR) is 104 cm³/mol. The number of carbonyl (C=O) groups excluding carboxylic acids is 2. The summed E-state index contributed by atoms with van der Waals surface area (Å²) in [4.78, 5) is 26.4. The van der Waals surface area contributed by atoms with Crippen LogP contribution in [0.3, 0.4) is 0 Å². The molecular formula is C21H24FN3O3. The molecule has 2 amide bonds. The molecule has 1 unspecified atom stereocenters. The smallest absolute Gasteiger partial charge is 0.313 e. The summed E-state index contributed by atoms with van der Waals surface area (Å²) in [6.45, 7) is 2.78. The third-order valence-electron chi connectivity index (χ3n) is 4.69. The van der Waals surface area contributed by atoms with E-state index in [1.807, 2.05) is 18.2 Å². The molecule has 0 aliphatic carbocycles. The summed E-state index contributed by atoms with van der Waals surface area (Å²) in [5, 5.41) is 15.0. The Morgan fingerprint density at radius 2 is 1.82 bits per heavy atom. The highest BCUT2D eigenvalue weighted by Crippen LogP contribution is 2.16. The Morgan fingerprint density at radius 1 is 1.07 bits per heavy atom. The summed E-state index contributed by atoms with van der Waals surface area (Å²) in [7, 11) is 0. The van der Waals surface area contributed by atoms with E-state index in [1.54, 1.807) is 12.1 Å². The van der Waals surface area contributed by atoms with Crippen molar-refractivity contribution in [2.75, 3.05) is 25.0 Å². The number of benzene rings is 2. The first-order valence-corrected chi connectivity index (χ1v) is 9.35. The molecule has 2 aromatic carbocycles. The normalized spacial score (nSPS) is 15.2. The lowest BCUT2D eigenvalue weighted by Gasteiger charge is -2.15. The van der Waals surface area contributed by atoms with Gasteiger partial charge in [-0.05, 0) is 61.3 Å². The highest BCUT2D eigenvalue weighted by Gasteiger charge is 2.17. The lowest BCUT2D eigenvalue weighted by molar-refractivity contribution is -0.136. The number of likely N-dealkylation sites (tertiary alicyclic amines) is 1. The second-order valence-electron chi connectivity index (χ2n) is 6.92. The summed E-state index contributed by atoms with van der Waals surface area (Å²) in [5.41, 5.74) is 1.94. The highest BCUT2D eigenvalue weighted by atomic mass is 19.1. The number of carbonyl (C=O) groups is 2. The highest BCUT2D eigenvalue weighted by molar-refractivity contribution is 6.39. The summed E-state index contributed by atoms with van der Waals surface area (Å²) in [6.07, 6.45) is 1.31. The summed E-state index contributed by atoms with van der Waals surface area (Å²) < 4.78 is 13.2. The molecule has 0 bridgehead atoms. The SMILES string of the molecule is O=C(NCC(O)c1cccc(F)c1)C(=O)Nc1cccc(CN2CCCC2)c1. The molecule has 3 rings (SSSR count). The average molecular weight is 385 g/mol. The first-order chi connectivity index (χ1) is 13.5. The quantitative estimate of drug-likeness (QED) is 0.666. The molecule has 1 fully saturated rings. The van der Waals surface area contributed by atoms with Crippen LogP contribution in [0.4, 0.5) is 10.1 Å². The number of aliphatic hydroxyl groups is 1. The lowest BCUT2D eigenvalue weighted by atomic mass is 10.1. The average Bonchev–Trinajstić information content (AvgIpc) is 3.19. The number of amides is 2. The largest absolute Gasteiger partial charge is 0.387 e. The van der Waals surface area contributed by atoms with E-state index in [9.17, 15) is 19.1 Å². The maximum atomic E-state index is 13.2. The van der Waals surface area contributed by atoms with Crippen molar-refractivity contribution in [2.45, 2.75) is 25.5 Å². The molecule has 1 aliphatic heterocycles. The molecule has 1 atom stereocenters. The second-order valence-corrected chi connectivity index (χ2v) is 6.92. The van der Waals surface area contributed by atoms with Crippen molar-refractivity contribution in [2.24, 2.45) is 0 Å². The number of hydrogen-bond acceptors (Lipinski definition) is 4. The summed E-state index contributed by atoms with van der Waals surface area (Å²) in [5.74, 6) is -2.15. The van der Waals surface area contributed by atoms with Gasteiger partial charge in [-0.25, -0.2) is 4.39 Å². The van der Waals surface area contributed by atoms with Crippen LogP contribution in [0.25, 0.3) is 0 Å². The number of nitrogens with one attached hydrogen (secondary N) is 2. The van der Waals surface area contributed by atoms with Gasteiger partial charge in [-0.3, -0.25) is 14.5 Å². The van der Waals surface area contributed by atoms with Crippen molar-refractivity contribution in [1.29, 1.82) is 0 Å². The van der Waals surface area contributed by atoms with Crippen LogP contribution in [0.15, 0.2) is 48.5 Å². The second kappa shape index (κ2) is 9.43. The Hall–Kier alpha value is -2.77. The van der Waals surface area contributed by atoms with Crippen molar-refractivity contribution in [3.05, 3.63) is 65.5 Å². The zero-order chi connectivity index (χ0) is 19.9. The Kier molecular flexibility index (Phi) is 6.73. The minimum absolute atomic E-state index is 0.190. The van der Waals surface area contributed by atoms with Crippen molar-refractivity contribution in [3.8, 4) is 0 Å². The van der Waals surface area contributed by atoms with Gasteiger partial charge in [0.2, 0.25) is 0 Å².